The number of anilines is 1. The van der Waals surface area contributed by atoms with Gasteiger partial charge in [-0.3, -0.25) is 19.6 Å². The molecule has 4 aromatic rings. The summed E-state index contributed by atoms with van der Waals surface area (Å²) in [6, 6.07) is 21.0. The summed E-state index contributed by atoms with van der Waals surface area (Å²) in [4.78, 5) is 28.4. The molecule has 9 nitrogen and oxygen atoms in total. The molecule has 3 heterocycles. The summed E-state index contributed by atoms with van der Waals surface area (Å²) in [5, 5.41) is 12.0. The third kappa shape index (κ3) is 4.18. The first-order chi connectivity index (χ1) is 16.2. The minimum Gasteiger partial charge on any atom is -0.348 e. The highest BCUT2D eigenvalue weighted by Gasteiger charge is 2.32. The first-order valence-electron chi connectivity index (χ1n) is 10.8. The topological polar surface area (TPSA) is 93.2 Å². The molecule has 0 bridgehead atoms. The van der Waals surface area contributed by atoms with Crippen molar-refractivity contribution >= 4 is 11.5 Å². The summed E-state index contributed by atoms with van der Waals surface area (Å²) < 4.78 is 1.54. The first kappa shape index (κ1) is 20.8. The van der Waals surface area contributed by atoms with E-state index < -0.39 is 4.92 Å². The van der Waals surface area contributed by atoms with E-state index in [1.807, 2.05) is 17.0 Å². The molecule has 1 saturated heterocycles. The Labute approximate surface area is 191 Å². The van der Waals surface area contributed by atoms with Gasteiger partial charge < -0.3 is 4.90 Å². The van der Waals surface area contributed by atoms with Gasteiger partial charge in [0.1, 0.15) is 12.7 Å². The van der Waals surface area contributed by atoms with Crippen molar-refractivity contribution in [3.8, 4) is 5.82 Å². The lowest BCUT2D eigenvalue weighted by Crippen LogP contribution is -2.48. The Morgan fingerprint density at radius 1 is 0.848 bits per heavy atom. The fourth-order valence-electron chi connectivity index (χ4n) is 4.41. The van der Waals surface area contributed by atoms with Gasteiger partial charge in [0.25, 0.3) is 0 Å². The van der Waals surface area contributed by atoms with Crippen molar-refractivity contribution in [2.75, 3.05) is 31.1 Å². The largest absolute Gasteiger partial charge is 0.354 e. The van der Waals surface area contributed by atoms with Crippen molar-refractivity contribution in [1.82, 2.24) is 24.4 Å². The number of nitro groups is 1. The molecule has 0 spiro atoms. The SMILES string of the molecule is O=[N+]([O-])c1c(N2CCN(C(c3ccccc3)c3ccccc3)CC2)ncnc1-n1ccnc1. The van der Waals surface area contributed by atoms with Gasteiger partial charge >= 0.3 is 5.69 Å². The molecule has 0 atom stereocenters. The lowest BCUT2D eigenvalue weighted by atomic mass is 9.96. The predicted molar refractivity (Wildman–Crippen MR) is 124 cm³/mol. The number of nitrogens with zero attached hydrogens (tertiary/aromatic N) is 7. The number of rotatable bonds is 6. The van der Waals surface area contributed by atoms with Crippen LogP contribution in [0.15, 0.2) is 85.7 Å². The summed E-state index contributed by atoms with van der Waals surface area (Å²) in [5.74, 6) is 0.561. The zero-order chi connectivity index (χ0) is 22.6. The molecule has 1 aliphatic rings. The lowest BCUT2D eigenvalue weighted by molar-refractivity contribution is -0.384. The zero-order valence-corrected chi connectivity index (χ0v) is 17.9. The second-order valence-electron chi connectivity index (χ2n) is 7.84. The van der Waals surface area contributed by atoms with Gasteiger partial charge in [-0.05, 0) is 11.1 Å². The number of imidazole rings is 1. The number of aromatic nitrogens is 4. The van der Waals surface area contributed by atoms with E-state index >= 15 is 0 Å². The summed E-state index contributed by atoms with van der Waals surface area (Å²) in [7, 11) is 0. The number of piperazine rings is 1. The molecule has 5 rings (SSSR count). The summed E-state index contributed by atoms with van der Waals surface area (Å²) >= 11 is 0. The lowest BCUT2D eigenvalue weighted by Gasteiger charge is -2.40. The molecular formula is C24H23N7O2. The van der Waals surface area contributed by atoms with E-state index in [1.165, 1.54) is 23.8 Å². The standard InChI is InChI=1S/C24H23N7O2/c32-31(33)22-23(26-17-27-24(22)30-12-11-25-18-30)29-15-13-28(14-16-29)21(19-7-3-1-4-8-19)20-9-5-2-6-10-20/h1-12,17-18,21H,13-16H2. The van der Waals surface area contributed by atoms with E-state index in [9.17, 15) is 10.1 Å². The minimum atomic E-state index is -0.409. The third-order valence-corrected chi connectivity index (χ3v) is 5.92. The van der Waals surface area contributed by atoms with E-state index in [-0.39, 0.29) is 17.5 Å². The van der Waals surface area contributed by atoms with Crippen molar-refractivity contribution in [3.05, 3.63) is 107 Å². The van der Waals surface area contributed by atoms with Gasteiger partial charge in [0.05, 0.1) is 11.0 Å². The van der Waals surface area contributed by atoms with E-state index in [2.05, 4.69) is 68.4 Å². The first-order valence-corrected chi connectivity index (χ1v) is 10.8. The second-order valence-corrected chi connectivity index (χ2v) is 7.84. The fourth-order valence-corrected chi connectivity index (χ4v) is 4.41. The van der Waals surface area contributed by atoms with Crippen LogP contribution in [0.2, 0.25) is 0 Å². The van der Waals surface area contributed by atoms with Crippen molar-refractivity contribution in [2.24, 2.45) is 0 Å². The Balaban J connectivity index is 1.42. The van der Waals surface area contributed by atoms with Crippen molar-refractivity contribution in [3.63, 3.8) is 0 Å². The number of hydrogen-bond acceptors (Lipinski definition) is 7. The Morgan fingerprint density at radius 3 is 2.00 bits per heavy atom. The number of benzene rings is 2. The van der Waals surface area contributed by atoms with Crippen LogP contribution in [-0.4, -0.2) is 55.5 Å². The molecular weight excluding hydrogens is 418 g/mol. The monoisotopic (exact) mass is 441 g/mol. The molecule has 33 heavy (non-hydrogen) atoms. The van der Waals surface area contributed by atoms with Crippen LogP contribution in [-0.2, 0) is 0 Å². The van der Waals surface area contributed by atoms with Gasteiger partial charge in [-0.25, -0.2) is 15.0 Å². The minimum absolute atomic E-state index is 0.105. The van der Waals surface area contributed by atoms with Gasteiger partial charge in [0.2, 0.25) is 11.6 Å². The van der Waals surface area contributed by atoms with Crippen LogP contribution in [0.1, 0.15) is 17.2 Å². The highest BCUT2D eigenvalue weighted by Crippen LogP contribution is 2.34. The van der Waals surface area contributed by atoms with Crippen molar-refractivity contribution < 1.29 is 4.92 Å². The Kier molecular flexibility index (Phi) is 5.77. The molecule has 1 fully saturated rings. The van der Waals surface area contributed by atoms with Gasteiger partial charge in [-0.15, -0.1) is 0 Å². The van der Waals surface area contributed by atoms with Crippen LogP contribution >= 0.6 is 0 Å². The number of hydrogen-bond donors (Lipinski definition) is 0. The average molecular weight is 441 g/mol. The van der Waals surface area contributed by atoms with Crippen molar-refractivity contribution in [1.29, 1.82) is 0 Å². The molecule has 0 saturated carbocycles. The quantitative estimate of drug-likeness (QED) is 0.334. The van der Waals surface area contributed by atoms with Gasteiger partial charge in [0, 0.05) is 38.6 Å². The van der Waals surface area contributed by atoms with Crippen molar-refractivity contribution in [2.45, 2.75) is 6.04 Å². The maximum atomic E-state index is 12.0. The van der Waals surface area contributed by atoms with Crippen LogP contribution < -0.4 is 4.90 Å². The van der Waals surface area contributed by atoms with E-state index in [4.69, 9.17) is 0 Å². The molecule has 0 unspecified atom stereocenters. The zero-order valence-electron chi connectivity index (χ0n) is 17.9. The van der Waals surface area contributed by atoms with Crippen LogP contribution in [0.3, 0.4) is 0 Å². The van der Waals surface area contributed by atoms with Gasteiger partial charge in [-0.2, -0.15) is 0 Å². The maximum Gasteiger partial charge on any atom is 0.354 e. The third-order valence-electron chi connectivity index (χ3n) is 5.92. The van der Waals surface area contributed by atoms with E-state index in [1.54, 1.807) is 17.0 Å². The van der Waals surface area contributed by atoms with Crippen LogP contribution in [0.5, 0.6) is 0 Å². The Bertz CT molecular complexity index is 1170. The van der Waals surface area contributed by atoms with Crippen LogP contribution in [0.25, 0.3) is 5.82 Å². The normalized spacial score (nSPS) is 14.5. The Hall–Kier alpha value is -4.11. The molecule has 0 N–H and O–H groups in total. The molecule has 0 aliphatic carbocycles. The van der Waals surface area contributed by atoms with Crippen LogP contribution in [0.4, 0.5) is 11.5 Å². The molecule has 0 radical (unpaired) electrons. The van der Waals surface area contributed by atoms with Gasteiger partial charge in [0.15, 0.2) is 0 Å². The Morgan fingerprint density at radius 2 is 1.45 bits per heavy atom. The van der Waals surface area contributed by atoms with Gasteiger partial charge in [-0.1, -0.05) is 60.7 Å². The second kappa shape index (κ2) is 9.17. The molecule has 1 aliphatic heterocycles. The fraction of sp³-hybridized carbons (Fsp3) is 0.208. The smallest absolute Gasteiger partial charge is 0.348 e. The van der Waals surface area contributed by atoms with E-state index in [0.717, 1.165) is 13.1 Å². The highest BCUT2D eigenvalue weighted by molar-refractivity contribution is 5.65. The van der Waals surface area contributed by atoms with E-state index in [0.29, 0.717) is 18.9 Å². The average Bonchev–Trinajstić information content (AvgIpc) is 3.41. The molecule has 9 heteroatoms. The summed E-state index contributed by atoms with van der Waals surface area (Å²) in [6.07, 6.45) is 6.08. The maximum absolute atomic E-state index is 12.0. The molecule has 2 aromatic heterocycles. The highest BCUT2D eigenvalue weighted by atomic mass is 16.6. The van der Waals surface area contributed by atoms with Crippen LogP contribution in [0, 0.1) is 10.1 Å². The summed E-state index contributed by atoms with van der Waals surface area (Å²) in [6.45, 7) is 2.74. The molecule has 166 valence electrons. The molecule has 0 amide bonds. The predicted octanol–water partition coefficient (Wildman–Crippen LogP) is 3.48. The molecule has 2 aromatic carbocycles. The summed E-state index contributed by atoms with van der Waals surface area (Å²) in [5.41, 5.74) is 2.35.